The third kappa shape index (κ3) is 4.61. The van der Waals surface area contributed by atoms with E-state index in [9.17, 15) is 4.79 Å². The van der Waals surface area contributed by atoms with Crippen LogP contribution in [0.4, 0.5) is 10.5 Å². The molecule has 0 saturated carbocycles. The van der Waals surface area contributed by atoms with Gasteiger partial charge in [-0.2, -0.15) is 5.10 Å². The number of anilines is 1. The second-order valence-corrected chi connectivity index (χ2v) is 10.2. The zero-order chi connectivity index (χ0) is 26.9. The van der Waals surface area contributed by atoms with Crippen molar-refractivity contribution in [2.75, 3.05) is 5.32 Å². The number of benzene rings is 3. The lowest BCUT2D eigenvalue weighted by molar-refractivity contribution is 0.194. The highest BCUT2D eigenvalue weighted by molar-refractivity contribution is 6.30. The Morgan fingerprint density at radius 3 is 2.36 bits per heavy atom. The minimum Gasteiger partial charge on any atom is -0.308 e. The van der Waals surface area contributed by atoms with E-state index in [2.05, 4.69) is 72.4 Å². The first-order valence-electron chi connectivity index (χ1n) is 13.3. The quantitative estimate of drug-likeness (QED) is 0.252. The van der Waals surface area contributed by atoms with Crippen molar-refractivity contribution in [3.8, 4) is 11.5 Å². The maximum absolute atomic E-state index is 14.1. The third-order valence-corrected chi connectivity index (χ3v) is 7.62. The predicted molar refractivity (Wildman–Crippen MR) is 156 cm³/mol. The molecule has 5 aromatic rings. The van der Waals surface area contributed by atoms with Crippen LogP contribution in [0, 0.1) is 0 Å². The standard InChI is InChI=1S/C32H30ClN5O/c1-3-22-12-14-23(15-13-22)30-29-11-8-20-36(29)31-27(28(4-2)35-38(31)26-9-6-5-7-10-26)21-37(30)32(39)34-25-18-16-24(33)17-19-25/h5-20,30H,3-4,21H2,1-2H3,(H,34,39). The summed E-state index contributed by atoms with van der Waals surface area (Å²) in [5.74, 6) is 0.968. The largest absolute Gasteiger partial charge is 0.322 e. The molecular formula is C32H30ClN5O. The van der Waals surface area contributed by atoms with E-state index in [0.29, 0.717) is 17.3 Å². The molecule has 3 heterocycles. The summed E-state index contributed by atoms with van der Waals surface area (Å²) >= 11 is 6.10. The number of urea groups is 1. The van der Waals surface area contributed by atoms with Crippen LogP contribution < -0.4 is 5.32 Å². The molecule has 0 saturated heterocycles. The third-order valence-electron chi connectivity index (χ3n) is 7.36. The van der Waals surface area contributed by atoms with Crippen molar-refractivity contribution >= 4 is 23.3 Å². The number of carbonyl (C=O) groups is 1. The van der Waals surface area contributed by atoms with Gasteiger partial charge in [0.05, 0.1) is 29.7 Å². The Morgan fingerprint density at radius 2 is 1.67 bits per heavy atom. The van der Waals surface area contributed by atoms with Gasteiger partial charge in [-0.3, -0.25) is 0 Å². The number of aryl methyl sites for hydroxylation is 2. The molecule has 3 aromatic carbocycles. The van der Waals surface area contributed by atoms with Crippen molar-refractivity contribution in [1.29, 1.82) is 0 Å². The molecule has 0 radical (unpaired) electrons. The fourth-order valence-electron chi connectivity index (χ4n) is 5.36. The molecular weight excluding hydrogens is 506 g/mol. The number of aromatic nitrogens is 3. The van der Waals surface area contributed by atoms with Gasteiger partial charge in [-0.15, -0.1) is 0 Å². The monoisotopic (exact) mass is 535 g/mol. The molecule has 0 fully saturated rings. The summed E-state index contributed by atoms with van der Waals surface area (Å²) in [4.78, 5) is 16.0. The van der Waals surface area contributed by atoms with Gasteiger partial charge in [-0.05, 0) is 72.5 Å². The van der Waals surface area contributed by atoms with Crippen LogP contribution in [0.2, 0.25) is 5.02 Å². The van der Waals surface area contributed by atoms with E-state index >= 15 is 0 Å². The summed E-state index contributed by atoms with van der Waals surface area (Å²) in [5.41, 5.74) is 7.01. The van der Waals surface area contributed by atoms with Crippen LogP contribution in [-0.4, -0.2) is 25.3 Å². The van der Waals surface area contributed by atoms with Gasteiger partial charge in [-0.1, -0.05) is 67.9 Å². The zero-order valence-electron chi connectivity index (χ0n) is 22.0. The molecule has 7 heteroatoms. The lowest BCUT2D eigenvalue weighted by atomic mass is 9.99. The minimum absolute atomic E-state index is 0.183. The molecule has 39 heavy (non-hydrogen) atoms. The van der Waals surface area contributed by atoms with E-state index in [0.717, 1.165) is 46.9 Å². The summed E-state index contributed by atoms with van der Waals surface area (Å²) < 4.78 is 4.21. The highest BCUT2D eigenvalue weighted by Crippen LogP contribution is 2.39. The van der Waals surface area contributed by atoms with E-state index < -0.39 is 0 Å². The Balaban J connectivity index is 1.53. The molecule has 0 bridgehead atoms. The first-order valence-corrected chi connectivity index (χ1v) is 13.7. The number of nitrogens with zero attached hydrogens (tertiary/aromatic N) is 4. The molecule has 6 rings (SSSR count). The van der Waals surface area contributed by atoms with Crippen molar-refractivity contribution in [1.82, 2.24) is 19.2 Å². The minimum atomic E-state index is -0.306. The highest BCUT2D eigenvalue weighted by atomic mass is 35.5. The SMILES string of the molecule is CCc1ccc(C2c3cccn3-c3c(c(CC)nn3-c3ccccc3)CN2C(=O)Nc2ccc(Cl)cc2)cc1. The molecule has 6 nitrogen and oxygen atoms in total. The molecule has 0 spiro atoms. The van der Waals surface area contributed by atoms with Crippen molar-refractivity contribution in [2.45, 2.75) is 39.3 Å². The molecule has 1 aliphatic rings. The summed E-state index contributed by atoms with van der Waals surface area (Å²) in [6, 6.07) is 29.6. The molecule has 1 N–H and O–H groups in total. The van der Waals surface area contributed by atoms with Crippen molar-refractivity contribution < 1.29 is 4.79 Å². The van der Waals surface area contributed by atoms with Crippen LogP contribution in [0.1, 0.15) is 48.0 Å². The molecule has 2 aromatic heterocycles. The molecule has 0 aliphatic carbocycles. The number of nitrogens with one attached hydrogen (secondary N) is 1. The average molecular weight is 536 g/mol. The van der Waals surface area contributed by atoms with E-state index in [-0.39, 0.29) is 12.1 Å². The van der Waals surface area contributed by atoms with Gasteiger partial charge in [-0.25, -0.2) is 9.48 Å². The number of amides is 2. The van der Waals surface area contributed by atoms with E-state index in [4.69, 9.17) is 16.7 Å². The van der Waals surface area contributed by atoms with Gasteiger partial charge in [0, 0.05) is 22.5 Å². The number of para-hydroxylation sites is 1. The number of fused-ring (bicyclic) bond motifs is 3. The number of hydrogen-bond acceptors (Lipinski definition) is 2. The topological polar surface area (TPSA) is 55.1 Å². The molecule has 1 aliphatic heterocycles. The normalized spacial score (nSPS) is 14.4. The second kappa shape index (κ2) is 10.5. The van der Waals surface area contributed by atoms with Crippen LogP contribution in [0.25, 0.3) is 11.5 Å². The zero-order valence-corrected chi connectivity index (χ0v) is 22.8. The van der Waals surface area contributed by atoms with E-state index in [1.807, 2.05) is 46.0 Å². The van der Waals surface area contributed by atoms with Crippen LogP contribution >= 0.6 is 11.6 Å². The highest BCUT2D eigenvalue weighted by Gasteiger charge is 2.36. The fourth-order valence-corrected chi connectivity index (χ4v) is 5.49. The van der Waals surface area contributed by atoms with Gasteiger partial charge < -0.3 is 14.8 Å². The Hall–Kier alpha value is -4.29. The van der Waals surface area contributed by atoms with E-state index in [1.54, 1.807) is 12.1 Å². The maximum Gasteiger partial charge on any atom is 0.322 e. The molecule has 1 atom stereocenters. The van der Waals surface area contributed by atoms with Gasteiger partial charge in [0.2, 0.25) is 0 Å². The van der Waals surface area contributed by atoms with E-state index in [1.165, 1.54) is 5.56 Å². The number of rotatable bonds is 5. The lowest BCUT2D eigenvalue weighted by Gasteiger charge is -2.31. The van der Waals surface area contributed by atoms with Crippen molar-refractivity contribution in [2.24, 2.45) is 0 Å². The van der Waals surface area contributed by atoms with Crippen LogP contribution in [-0.2, 0) is 19.4 Å². The Morgan fingerprint density at radius 1 is 0.923 bits per heavy atom. The summed E-state index contributed by atoms with van der Waals surface area (Å²) in [7, 11) is 0. The first kappa shape index (κ1) is 25.0. The number of halogens is 1. The first-order chi connectivity index (χ1) is 19.1. The van der Waals surface area contributed by atoms with Crippen LogP contribution in [0.5, 0.6) is 0 Å². The Bertz CT molecular complexity index is 1600. The smallest absolute Gasteiger partial charge is 0.308 e. The van der Waals surface area contributed by atoms with Gasteiger partial charge in [0.15, 0.2) is 0 Å². The number of carbonyl (C=O) groups excluding carboxylic acids is 1. The molecule has 1 unspecified atom stereocenters. The fraction of sp³-hybridized carbons (Fsp3) is 0.188. The van der Waals surface area contributed by atoms with Crippen molar-refractivity contribution in [3.05, 3.63) is 130 Å². The Labute approximate surface area is 233 Å². The van der Waals surface area contributed by atoms with Crippen molar-refractivity contribution in [3.63, 3.8) is 0 Å². The van der Waals surface area contributed by atoms with Crippen LogP contribution in [0.15, 0.2) is 97.2 Å². The Kier molecular flexibility index (Phi) is 6.71. The summed E-state index contributed by atoms with van der Waals surface area (Å²) in [6.45, 7) is 4.67. The second-order valence-electron chi connectivity index (χ2n) is 9.72. The van der Waals surface area contributed by atoms with Gasteiger partial charge in [0.25, 0.3) is 0 Å². The maximum atomic E-state index is 14.1. The number of hydrogen-bond donors (Lipinski definition) is 1. The van der Waals surface area contributed by atoms with Gasteiger partial charge in [0.1, 0.15) is 5.82 Å². The average Bonchev–Trinajstić information content (AvgIpc) is 3.56. The molecule has 2 amide bonds. The summed E-state index contributed by atoms with van der Waals surface area (Å²) in [5, 5.41) is 8.77. The van der Waals surface area contributed by atoms with Gasteiger partial charge >= 0.3 is 6.03 Å². The lowest BCUT2D eigenvalue weighted by Crippen LogP contribution is -2.38. The van der Waals surface area contributed by atoms with Crippen LogP contribution in [0.3, 0.4) is 0 Å². The predicted octanol–water partition coefficient (Wildman–Crippen LogP) is 7.58. The molecule has 196 valence electrons. The summed E-state index contributed by atoms with van der Waals surface area (Å²) in [6.07, 6.45) is 3.78.